The van der Waals surface area contributed by atoms with E-state index in [0.29, 0.717) is 0 Å². The van der Waals surface area contributed by atoms with E-state index in [4.69, 9.17) is 21.8 Å². The van der Waals surface area contributed by atoms with Crippen LogP contribution in [0, 0.1) is 6.92 Å². The lowest BCUT2D eigenvalue weighted by Gasteiger charge is -2.15. The first-order chi connectivity index (χ1) is 6.73. The number of aryl methyl sites for hydroxylation is 1. The Morgan fingerprint density at radius 1 is 1.47 bits per heavy atom. The van der Waals surface area contributed by atoms with E-state index in [1.54, 1.807) is 0 Å². The predicted octanol–water partition coefficient (Wildman–Crippen LogP) is 2.34. The molecule has 1 aromatic rings. The molecule has 1 atom stereocenters. The Balaban J connectivity index is 3.17. The van der Waals surface area contributed by atoms with Crippen LogP contribution in [0.2, 0.25) is 5.15 Å². The average molecular weight is 242 g/mol. The van der Waals surface area contributed by atoms with Crippen molar-refractivity contribution in [3.63, 3.8) is 0 Å². The number of hydrogen-bond acceptors (Lipinski definition) is 3. The van der Waals surface area contributed by atoms with Gasteiger partial charge in [-0.1, -0.05) is 11.6 Å². The Morgan fingerprint density at radius 2 is 2.00 bits per heavy atom. The Morgan fingerprint density at radius 3 is 2.40 bits per heavy atom. The Labute approximate surface area is 88.1 Å². The van der Waals surface area contributed by atoms with Gasteiger partial charge in [0.05, 0.1) is 5.69 Å². The lowest BCUT2D eigenvalue weighted by atomic mass is 10.1. The summed E-state index contributed by atoms with van der Waals surface area (Å²) in [7, 11) is 0. The van der Waals surface area contributed by atoms with Crippen molar-refractivity contribution in [2.24, 2.45) is 0 Å². The van der Waals surface area contributed by atoms with E-state index in [9.17, 15) is 13.2 Å². The maximum absolute atomic E-state index is 12.1. The van der Waals surface area contributed by atoms with Gasteiger partial charge in [0.2, 0.25) is 0 Å². The highest BCUT2D eigenvalue weighted by Gasteiger charge is 2.40. The zero-order valence-electron chi connectivity index (χ0n) is 7.51. The number of hydrogen-bond donors (Lipinski definition) is 2. The Kier molecular flexibility index (Phi) is 3.11. The van der Waals surface area contributed by atoms with Gasteiger partial charge in [-0.3, -0.25) is 0 Å². The van der Waals surface area contributed by atoms with Gasteiger partial charge < -0.3 is 10.2 Å². The molecule has 3 nitrogen and oxygen atoms in total. The van der Waals surface area contributed by atoms with Crippen molar-refractivity contribution in [1.29, 1.82) is 0 Å². The summed E-state index contributed by atoms with van der Waals surface area (Å²) in [4.78, 5) is 3.25. The third-order valence-electron chi connectivity index (χ3n) is 1.75. The highest BCUT2D eigenvalue weighted by molar-refractivity contribution is 6.30. The third-order valence-corrected chi connectivity index (χ3v) is 2.01. The molecule has 0 spiro atoms. The molecule has 1 rings (SSSR count). The lowest BCUT2D eigenvalue weighted by molar-refractivity contribution is -0.207. The molecule has 0 radical (unpaired) electrons. The highest BCUT2D eigenvalue weighted by atomic mass is 35.5. The van der Waals surface area contributed by atoms with Gasteiger partial charge in [0.1, 0.15) is 0 Å². The topological polar surface area (TPSA) is 53.4 Å². The zero-order valence-corrected chi connectivity index (χ0v) is 8.26. The fourth-order valence-electron chi connectivity index (χ4n) is 0.959. The molecule has 0 bridgehead atoms. The number of halogens is 4. The number of pyridine rings is 1. The largest absolute Gasteiger partial charge is 0.505 e. The van der Waals surface area contributed by atoms with Crippen molar-refractivity contribution in [2.45, 2.75) is 19.2 Å². The quantitative estimate of drug-likeness (QED) is 0.742. The van der Waals surface area contributed by atoms with Crippen molar-refractivity contribution in [2.75, 3.05) is 0 Å². The van der Waals surface area contributed by atoms with Gasteiger partial charge in [0.15, 0.2) is 17.0 Å². The second-order valence-electron chi connectivity index (χ2n) is 2.95. The van der Waals surface area contributed by atoms with E-state index in [0.717, 1.165) is 6.07 Å². The van der Waals surface area contributed by atoms with E-state index in [-0.39, 0.29) is 5.56 Å². The van der Waals surface area contributed by atoms with Gasteiger partial charge in [0.25, 0.3) is 0 Å². The van der Waals surface area contributed by atoms with Crippen LogP contribution in [0.5, 0.6) is 5.75 Å². The molecule has 1 unspecified atom stereocenters. The molecule has 1 aromatic heterocycles. The molecule has 0 amide bonds. The van der Waals surface area contributed by atoms with Crippen molar-refractivity contribution >= 4 is 11.6 Å². The number of alkyl halides is 3. The van der Waals surface area contributed by atoms with Crippen LogP contribution in [0.15, 0.2) is 6.07 Å². The molecule has 0 aliphatic carbocycles. The fraction of sp³-hybridized carbons (Fsp3) is 0.375. The van der Waals surface area contributed by atoms with Crippen LogP contribution in [0.3, 0.4) is 0 Å². The molecule has 0 aliphatic rings. The van der Waals surface area contributed by atoms with Gasteiger partial charge in [-0.05, 0) is 18.6 Å². The fourth-order valence-corrected chi connectivity index (χ4v) is 1.21. The summed E-state index contributed by atoms with van der Waals surface area (Å²) in [5.74, 6) is -0.394. The summed E-state index contributed by atoms with van der Waals surface area (Å²) < 4.78 is 36.3. The number of aromatic hydroxyl groups is 1. The van der Waals surface area contributed by atoms with Crippen molar-refractivity contribution in [3.05, 3.63) is 22.5 Å². The van der Waals surface area contributed by atoms with E-state index in [1.807, 2.05) is 0 Å². The summed E-state index contributed by atoms with van der Waals surface area (Å²) in [5, 5.41) is 17.6. The third kappa shape index (κ3) is 2.51. The van der Waals surface area contributed by atoms with Crippen LogP contribution in [-0.4, -0.2) is 21.4 Å². The SMILES string of the molecule is Cc1cc(C(O)C(F)(F)F)nc(Cl)c1O. The minimum absolute atomic E-state index is 0.119. The van der Waals surface area contributed by atoms with Crippen LogP contribution >= 0.6 is 11.6 Å². The van der Waals surface area contributed by atoms with Crippen LogP contribution in [0.4, 0.5) is 13.2 Å². The minimum atomic E-state index is -4.81. The smallest absolute Gasteiger partial charge is 0.420 e. The highest BCUT2D eigenvalue weighted by Crippen LogP contribution is 2.34. The first kappa shape index (κ1) is 12.1. The molecule has 2 N–H and O–H groups in total. The maximum atomic E-state index is 12.1. The van der Waals surface area contributed by atoms with Gasteiger partial charge in [0, 0.05) is 0 Å². The summed E-state index contributed by atoms with van der Waals surface area (Å²) in [5.41, 5.74) is -0.517. The van der Waals surface area contributed by atoms with Crippen molar-refractivity contribution in [1.82, 2.24) is 4.98 Å². The number of aliphatic hydroxyl groups is 1. The molecular weight excluding hydrogens is 235 g/mol. The van der Waals surface area contributed by atoms with Crippen LogP contribution in [-0.2, 0) is 0 Å². The molecule has 7 heteroatoms. The number of aliphatic hydroxyl groups excluding tert-OH is 1. The standard InChI is InChI=1S/C8H7ClF3NO2/c1-3-2-4(6(15)8(10,11)12)13-7(9)5(3)14/h2,6,14-15H,1H3. The molecule has 84 valence electrons. The van der Waals surface area contributed by atoms with E-state index < -0.39 is 28.9 Å². The first-order valence-corrected chi connectivity index (χ1v) is 4.22. The Bertz CT molecular complexity index is 358. The van der Waals surface area contributed by atoms with Crippen molar-refractivity contribution < 1.29 is 23.4 Å². The maximum Gasteiger partial charge on any atom is 0.420 e. The van der Waals surface area contributed by atoms with E-state index >= 15 is 0 Å². The summed E-state index contributed by atoms with van der Waals surface area (Å²) in [6.45, 7) is 1.36. The molecule has 0 aromatic carbocycles. The lowest BCUT2D eigenvalue weighted by Crippen LogP contribution is -2.21. The molecule has 1 heterocycles. The van der Waals surface area contributed by atoms with Gasteiger partial charge >= 0.3 is 6.18 Å². The second-order valence-corrected chi connectivity index (χ2v) is 3.31. The Hall–Kier alpha value is -1.01. The molecule has 0 fully saturated rings. The molecule has 0 saturated carbocycles. The first-order valence-electron chi connectivity index (χ1n) is 3.84. The average Bonchev–Trinajstić information content (AvgIpc) is 2.10. The van der Waals surface area contributed by atoms with E-state index in [2.05, 4.69) is 4.98 Å². The summed E-state index contributed by atoms with van der Waals surface area (Å²) in [6, 6.07) is 0.930. The van der Waals surface area contributed by atoms with Gasteiger partial charge in [-0.25, -0.2) is 4.98 Å². The van der Waals surface area contributed by atoms with Crippen LogP contribution in [0.25, 0.3) is 0 Å². The second kappa shape index (κ2) is 3.86. The summed E-state index contributed by atoms with van der Waals surface area (Å²) in [6.07, 6.45) is -7.51. The molecule has 15 heavy (non-hydrogen) atoms. The summed E-state index contributed by atoms with van der Waals surface area (Å²) >= 11 is 5.37. The normalized spacial score (nSPS) is 14.0. The van der Waals surface area contributed by atoms with Gasteiger partial charge in [-0.15, -0.1) is 0 Å². The number of aromatic nitrogens is 1. The number of rotatable bonds is 1. The zero-order chi connectivity index (χ0) is 11.8. The minimum Gasteiger partial charge on any atom is -0.505 e. The molecule has 0 aliphatic heterocycles. The van der Waals surface area contributed by atoms with Gasteiger partial charge in [-0.2, -0.15) is 13.2 Å². The number of nitrogens with zero attached hydrogens (tertiary/aromatic N) is 1. The van der Waals surface area contributed by atoms with Crippen LogP contribution in [0.1, 0.15) is 17.4 Å². The van der Waals surface area contributed by atoms with E-state index in [1.165, 1.54) is 6.92 Å². The monoisotopic (exact) mass is 241 g/mol. The van der Waals surface area contributed by atoms with Crippen molar-refractivity contribution in [3.8, 4) is 5.75 Å². The molecular formula is C8H7ClF3NO2. The molecule has 0 saturated heterocycles. The predicted molar refractivity (Wildman–Crippen MR) is 46.7 cm³/mol. The van der Waals surface area contributed by atoms with Crippen LogP contribution < -0.4 is 0 Å².